The second kappa shape index (κ2) is 5.28. The summed E-state index contributed by atoms with van der Waals surface area (Å²) in [6.45, 7) is 19.6. The molecule has 84 valence electrons. The van der Waals surface area contributed by atoms with Crippen LogP contribution in [0.5, 0.6) is 0 Å². The highest BCUT2D eigenvalue weighted by Crippen LogP contribution is 2.15. The Balaban J connectivity index is 4.45. The van der Waals surface area contributed by atoms with Crippen molar-refractivity contribution in [2.45, 2.75) is 46.1 Å². The van der Waals surface area contributed by atoms with Crippen LogP contribution in [-0.4, -0.2) is 33.6 Å². The highest BCUT2D eigenvalue weighted by atomic mass is 28.3. The normalized spacial score (nSPS) is 13.4. The van der Waals surface area contributed by atoms with Crippen molar-refractivity contribution in [2.75, 3.05) is 12.7 Å². The fraction of sp³-hybridized carbons (Fsp3) is 0.818. The van der Waals surface area contributed by atoms with E-state index in [0.29, 0.717) is 0 Å². The molecule has 0 aromatic carbocycles. The van der Waals surface area contributed by atoms with E-state index < -0.39 is 16.3 Å². The fourth-order valence-electron chi connectivity index (χ4n) is 1.48. The summed E-state index contributed by atoms with van der Waals surface area (Å²) in [6, 6.07) is 0. The molecule has 14 heavy (non-hydrogen) atoms. The van der Waals surface area contributed by atoms with Crippen LogP contribution in [0.3, 0.4) is 0 Å². The van der Waals surface area contributed by atoms with Gasteiger partial charge in [0.15, 0.2) is 0 Å². The zero-order valence-corrected chi connectivity index (χ0v) is 12.9. The number of nitrogens with zero attached hydrogens (tertiary/aromatic N) is 1. The van der Waals surface area contributed by atoms with E-state index >= 15 is 0 Å². The molecule has 0 aliphatic rings. The number of hydrogen-bond donors (Lipinski definition) is 0. The van der Waals surface area contributed by atoms with E-state index in [9.17, 15) is 0 Å². The van der Waals surface area contributed by atoms with Gasteiger partial charge in [-0.2, -0.15) is 0 Å². The van der Waals surface area contributed by atoms with Gasteiger partial charge in [-0.15, -0.1) is 12.3 Å². The third-order valence-corrected chi connectivity index (χ3v) is 7.49. The Morgan fingerprint density at radius 3 is 1.93 bits per heavy atom. The summed E-state index contributed by atoms with van der Waals surface area (Å²) in [7, 11) is -2.28. The predicted octanol–water partition coefficient (Wildman–Crippen LogP) is 3.51. The van der Waals surface area contributed by atoms with E-state index in [2.05, 4.69) is 56.5 Å². The summed E-state index contributed by atoms with van der Waals surface area (Å²) in [5, 5.41) is 0. The average molecular weight is 230 g/mol. The maximum absolute atomic E-state index is 3.98. The van der Waals surface area contributed by atoms with Crippen molar-refractivity contribution in [3.8, 4) is 0 Å². The minimum atomic E-state index is -1.16. The predicted molar refractivity (Wildman–Crippen MR) is 72.9 cm³/mol. The van der Waals surface area contributed by atoms with E-state index in [4.69, 9.17) is 0 Å². The lowest BCUT2D eigenvalue weighted by Crippen LogP contribution is -2.53. The molecule has 0 aromatic rings. The Kier molecular flexibility index (Phi) is 5.33. The first-order chi connectivity index (χ1) is 6.23. The first-order valence-corrected chi connectivity index (χ1v) is 12.3. The van der Waals surface area contributed by atoms with Crippen molar-refractivity contribution in [3.63, 3.8) is 0 Å². The van der Waals surface area contributed by atoms with E-state index in [1.807, 2.05) is 0 Å². The van der Waals surface area contributed by atoms with Gasteiger partial charge in [-0.05, 0) is 19.1 Å². The summed E-state index contributed by atoms with van der Waals surface area (Å²) in [5.41, 5.74) is 2.22. The molecular formula is C11H27NSi2. The van der Waals surface area contributed by atoms with Crippen LogP contribution < -0.4 is 0 Å². The van der Waals surface area contributed by atoms with Crippen molar-refractivity contribution < 1.29 is 0 Å². The van der Waals surface area contributed by atoms with Gasteiger partial charge in [-0.25, -0.2) is 0 Å². The summed E-state index contributed by atoms with van der Waals surface area (Å²) >= 11 is 0. The molecule has 1 nitrogen and oxygen atoms in total. The average Bonchev–Trinajstić information content (AvgIpc) is 2.02. The largest absolute Gasteiger partial charge is 0.326 e. The molecule has 0 saturated carbocycles. The van der Waals surface area contributed by atoms with Gasteiger partial charge >= 0.3 is 0 Å². The maximum Gasteiger partial charge on any atom is 0.118 e. The van der Waals surface area contributed by atoms with Gasteiger partial charge in [-0.3, -0.25) is 0 Å². The van der Waals surface area contributed by atoms with E-state index in [1.54, 1.807) is 0 Å². The second-order valence-electron chi connectivity index (χ2n) is 5.79. The molecule has 0 saturated heterocycles. The highest BCUT2D eigenvalue weighted by Gasteiger charge is 2.28. The standard InChI is InChI=1S/C11H27NSi2/c1-8-10-12(13(3,4)5)11-14(6,7)9-2/h9H,2,8,10-11H2,1,3-7H3. The summed E-state index contributed by atoms with van der Waals surface area (Å²) in [6.07, 6.45) is 2.56. The van der Waals surface area contributed by atoms with Crippen LogP contribution in [0.4, 0.5) is 0 Å². The van der Waals surface area contributed by atoms with Crippen molar-refractivity contribution in [1.82, 2.24) is 4.57 Å². The molecule has 0 fully saturated rings. The Morgan fingerprint density at radius 2 is 1.64 bits per heavy atom. The smallest absolute Gasteiger partial charge is 0.118 e. The highest BCUT2D eigenvalue weighted by molar-refractivity contribution is 6.84. The van der Waals surface area contributed by atoms with Crippen LogP contribution in [0, 0.1) is 0 Å². The minimum absolute atomic E-state index is 1.11. The zero-order valence-electron chi connectivity index (χ0n) is 10.9. The van der Waals surface area contributed by atoms with Gasteiger partial charge in [0.2, 0.25) is 0 Å². The Morgan fingerprint density at radius 1 is 1.14 bits per heavy atom. The molecule has 0 unspecified atom stereocenters. The van der Waals surface area contributed by atoms with Crippen LogP contribution in [0.25, 0.3) is 0 Å². The van der Waals surface area contributed by atoms with E-state index in [1.165, 1.54) is 19.1 Å². The molecular weight excluding hydrogens is 202 g/mol. The maximum atomic E-state index is 3.98. The van der Waals surface area contributed by atoms with E-state index in [-0.39, 0.29) is 0 Å². The molecule has 0 atom stereocenters. The Bertz CT molecular complexity index is 182. The van der Waals surface area contributed by atoms with Gasteiger partial charge in [0, 0.05) is 0 Å². The van der Waals surface area contributed by atoms with Gasteiger partial charge in [0.25, 0.3) is 0 Å². The summed E-state index contributed by atoms with van der Waals surface area (Å²) < 4.78 is 2.74. The number of rotatable bonds is 6. The second-order valence-corrected chi connectivity index (χ2v) is 15.5. The fourth-order valence-corrected chi connectivity index (χ4v) is 6.76. The first-order valence-electron chi connectivity index (χ1n) is 5.61. The van der Waals surface area contributed by atoms with Crippen molar-refractivity contribution in [1.29, 1.82) is 0 Å². The molecule has 0 spiro atoms. The topological polar surface area (TPSA) is 3.24 Å². The molecule has 0 N–H and O–H groups in total. The molecule has 0 bridgehead atoms. The third kappa shape index (κ3) is 5.12. The molecule has 0 rings (SSSR count). The first kappa shape index (κ1) is 14.1. The monoisotopic (exact) mass is 229 g/mol. The Labute approximate surface area is 92.3 Å². The molecule has 0 aliphatic carbocycles. The summed E-state index contributed by atoms with van der Waals surface area (Å²) in [5.74, 6) is 0. The van der Waals surface area contributed by atoms with Crippen LogP contribution in [0.2, 0.25) is 32.7 Å². The van der Waals surface area contributed by atoms with Gasteiger partial charge < -0.3 is 4.57 Å². The van der Waals surface area contributed by atoms with Gasteiger partial charge in [0.1, 0.15) is 8.24 Å². The van der Waals surface area contributed by atoms with Gasteiger partial charge in [-0.1, -0.05) is 39.7 Å². The molecule has 0 aliphatic heterocycles. The lowest BCUT2D eigenvalue weighted by molar-refractivity contribution is 0.477. The number of hydrogen-bond acceptors (Lipinski definition) is 1. The van der Waals surface area contributed by atoms with Crippen LogP contribution in [0.1, 0.15) is 13.3 Å². The van der Waals surface area contributed by atoms with E-state index in [0.717, 1.165) is 0 Å². The lowest BCUT2D eigenvalue weighted by atomic mass is 10.5. The van der Waals surface area contributed by atoms with Gasteiger partial charge in [0.05, 0.1) is 8.07 Å². The van der Waals surface area contributed by atoms with Crippen LogP contribution in [0.15, 0.2) is 12.3 Å². The lowest BCUT2D eigenvalue weighted by Gasteiger charge is -2.38. The quantitative estimate of drug-likeness (QED) is 0.630. The SMILES string of the molecule is C=C[Si](C)(C)CN(CCC)[Si](C)(C)C. The molecule has 0 amide bonds. The van der Waals surface area contributed by atoms with Crippen molar-refractivity contribution in [2.24, 2.45) is 0 Å². The minimum Gasteiger partial charge on any atom is -0.326 e. The molecule has 0 radical (unpaired) electrons. The molecule has 3 heteroatoms. The Hall–Kier alpha value is 0.134. The molecule has 0 heterocycles. The van der Waals surface area contributed by atoms with Crippen LogP contribution >= 0.6 is 0 Å². The third-order valence-electron chi connectivity index (χ3n) is 2.59. The van der Waals surface area contributed by atoms with Crippen molar-refractivity contribution >= 4 is 16.3 Å². The molecule has 0 aromatic heterocycles. The summed E-state index contributed by atoms with van der Waals surface area (Å²) in [4.78, 5) is 0. The van der Waals surface area contributed by atoms with Crippen molar-refractivity contribution in [3.05, 3.63) is 12.3 Å². The zero-order chi connectivity index (χ0) is 11.4. The van der Waals surface area contributed by atoms with Crippen LogP contribution in [-0.2, 0) is 0 Å².